The monoisotopic (exact) mass is 293 g/mol. The summed E-state index contributed by atoms with van der Waals surface area (Å²) in [7, 11) is -3.32. The maximum absolute atomic E-state index is 12.4. The van der Waals surface area contributed by atoms with Gasteiger partial charge in [-0.05, 0) is 25.8 Å². The van der Waals surface area contributed by atoms with Crippen molar-refractivity contribution in [1.82, 2.24) is 4.31 Å². The Hall–Kier alpha value is -0.100. The van der Waals surface area contributed by atoms with Gasteiger partial charge in [-0.25, -0.2) is 8.42 Å². The Morgan fingerprint density at radius 3 is 2.88 bits per heavy atom. The maximum Gasteiger partial charge on any atom is 0.244 e. The Labute approximate surface area is 111 Å². The molecule has 1 aromatic heterocycles. The van der Waals surface area contributed by atoms with Crippen LogP contribution in [0.3, 0.4) is 0 Å². The molecule has 0 amide bonds. The molecule has 2 heterocycles. The minimum Gasteiger partial charge on any atom is -0.207 e. The van der Waals surface area contributed by atoms with Gasteiger partial charge in [0.05, 0.1) is 10.8 Å². The first-order chi connectivity index (χ1) is 8.05. The molecule has 0 aliphatic carbocycles. The zero-order valence-electron chi connectivity index (χ0n) is 9.73. The van der Waals surface area contributed by atoms with E-state index in [4.69, 9.17) is 11.6 Å². The van der Waals surface area contributed by atoms with Crippen molar-refractivity contribution in [1.29, 1.82) is 0 Å². The van der Waals surface area contributed by atoms with Crippen molar-refractivity contribution in [3.63, 3.8) is 0 Å². The van der Waals surface area contributed by atoms with E-state index in [0.29, 0.717) is 17.3 Å². The lowest BCUT2D eigenvalue weighted by molar-refractivity contribution is 0.269. The summed E-state index contributed by atoms with van der Waals surface area (Å²) in [5, 5.41) is 1.69. The van der Waals surface area contributed by atoms with Gasteiger partial charge in [-0.1, -0.05) is 6.42 Å². The Morgan fingerprint density at radius 2 is 2.29 bits per heavy atom. The fraction of sp³-hybridized carbons (Fsp3) is 0.636. The number of sulfonamides is 1. The van der Waals surface area contributed by atoms with E-state index in [1.807, 2.05) is 6.92 Å². The molecule has 17 heavy (non-hydrogen) atoms. The third-order valence-electron chi connectivity index (χ3n) is 3.11. The number of hydrogen-bond acceptors (Lipinski definition) is 3. The van der Waals surface area contributed by atoms with Crippen LogP contribution in [-0.4, -0.2) is 25.3 Å². The van der Waals surface area contributed by atoms with Crippen LogP contribution in [0.2, 0.25) is 0 Å². The second kappa shape index (κ2) is 5.26. The van der Waals surface area contributed by atoms with E-state index in [2.05, 4.69) is 0 Å². The van der Waals surface area contributed by atoms with Crippen LogP contribution in [0, 0.1) is 0 Å². The normalized spacial score (nSPS) is 22.8. The molecule has 1 atom stereocenters. The van der Waals surface area contributed by atoms with Crippen molar-refractivity contribution in [3.05, 3.63) is 16.3 Å². The van der Waals surface area contributed by atoms with Crippen molar-refractivity contribution in [2.75, 3.05) is 6.54 Å². The van der Waals surface area contributed by atoms with Crippen LogP contribution in [0.4, 0.5) is 0 Å². The summed E-state index contributed by atoms with van der Waals surface area (Å²) >= 11 is 7.11. The largest absolute Gasteiger partial charge is 0.244 e. The van der Waals surface area contributed by atoms with Gasteiger partial charge in [0, 0.05) is 22.8 Å². The second-order valence-corrected chi connectivity index (χ2v) is 7.50. The Bertz CT molecular complexity index is 483. The van der Waals surface area contributed by atoms with E-state index in [1.54, 1.807) is 15.8 Å². The Kier molecular flexibility index (Phi) is 4.13. The minimum absolute atomic E-state index is 0.105. The number of rotatable bonds is 3. The first-order valence-electron chi connectivity index (χ1n) is 5.71. The summed E-state index contributed by atoms with van der Waals surface area (Å²) < 4.78 is 26.5. The molecule has 0 aromatic carbocycles. The first kappa shape index (κ1) is 13.3. The highest BCUT2D eigenvalue weighted by Gasteiger charge is 2.31. The molecule has 0 spiro atoms. The highest BCUT2D eigenvalue weighted by atomic mass is 35.5. The molecule has 3 nitrogen and oxygen atoms in total. The van der Waals surface area contributed by atoms with E-state index in [1.165, 1.54) is 11.3 Å². The molecule has 1 aliphatic heterocycles. The predicted octanol–water partition coefficient (Wildman–Crippen LogP) is 3.05. The molecule has 1 fully saturated rings. The van der Waals surface area contributed by atoms with E-state index in [0.717, 1.165) is 24.1 Å². The zero-order valence-corrected chi connectivity index (χ0v) is 12.1. The molecular formula is C11H16ClNO2S2. The summed E-state index contributed by atoms with van der Waals surface area (Å²) in [6, 6.07) is 1.79. The fourth-order valence-corrected chi connectivity index (χ4v) is 5.21. The number of halogens is 1. The van der Waals surface area contributed by atoms with E-state index >= 15 is 0 Å². The third kappa shape index (κ3) is 2.67. The van der Waals surface area contributed by atoms with Crippen molar-refractivity contribution in [2.45, 2.75) is 43.0 Å². The molecule has 0 radical (unpaired) electrons. The van der Waals surface area contributed by atoms with Crippen LogP contribution < -0.4 is 0 Å². The van der Waals surface area contributed by atoms with Gasteiger partial charge < -0.3 is 0 Å². The lowest BCUT2D eigenvalue weighted by Crippen LogP contribution is -2.41. The summed E-state index contributed by atoms with van der Waals surface area (Å²) in [6.45, 7) is 2.61. The fourth-order valence-electron chi connectivity index (χ4n) is 2.13. The van der Waals surface area contributed by atoms with Gasteiger partial charge in [-0.15, -0.1) is 22.9 Å². The number of alkyl halides is 1. The van der Waals surface area contributed by atoms with Crippen molar-refractivity contribution in [2.24, 2.45) is 0 Å². The number of piperidine rings is 1. The highest BCUT2D eigenvalue weighted by Crippen LogP contribution is 2.28. The molecule has 0 bridgehead atoms. The van der Waals surface area contributed by atoms with Gasteiger partial charge in [0.1, 0.15) is 0 Å². The average molecular weight is 294 g/mol. The van der Waals surface area contributed by atoms with Crippen LogP contribution in [0.25, 0.3) is 0 Å². The molecule has 1 aromatic rings. The number of hydrogen-bond donors (Lipinski definition) is 0. The summed E-state index contributed by atoms with van der Waals surface area (Å²) in [6.07, 6.45) is 3.02. The predicted molar refractivity (Wildman–Crippen MR) is 71.1 cm³/mol. The van der Waals surface area contributed by atoms with E-state index in [-0.39, 0.29) is 6.04 Å². The third-order valence-corrected chi connectivity index (χ3v) is 6.63. The standard InChI is InChI=1S/C11H16ClNO2S2/c1-9-4-2-3-5-13(9)17(14,15)11-6-10(7-12)16-8-11/h6,8-9H,2-5,7H2,1H3. The molecule has 1 saturated heterocycles. The Morgan fingerprint density at radius 1 is 1.53 bits per heavy atom. The molecular weight excluding hydrogens is 278 g/mol. The molecule has 1 aliphatic rings. The molecule has 1 unspecified atom stereocenters. The lowest BCUT2D eigenvalue weighted by atomic mass is 10.1. The molecule has 2 rings (SSSR count). The minimum atomic E-state index is -3.32. The first-order valence-corrected chi connectivity index (χ1v) is 8.56. The zero-order chi connectivity index (χ0) is 12.5. The van der Waals surface area contributed by atoms with Gasteiger partial charge in [0.2, 0.25) is 10.0 Å². The average Bonchev–Trinajstić information content (AvgIpc) is 2.78. The molecule has 0 saturated carbocycles. The molecule has 6 heteroatoms. The van der Waals surface area contributed by atoms with E-state index in [9.17, 15) is 8.42 Å². The molecule has 96 valence electrons. The van der Waals surface area contributed by atoms with Crippen molar-refractivity contribution in [3.8, 4) is 0 Å². The smallest absolute Gasteiger partial charge is 0.207 e. The van der Waals surface area contributed by atoms with Gasteiger partial charge in [-0.2, -0.15) is 4.31 Å². The second-order valence-electron chi connectivity index (χ2n) is 4.34. The maximum atomic E-state index is 12.4. The van der Waals surface area contributed by atoms with E-state index < -0.39 is 10.0 Å². The van der Waals surface area contributed by atoms with Gasteiger partial charge >= 0.3 is 0 Å². The van der Waals surface area contributed by atoms with Crippen LogP contribution in [-0.2, 0) is 15.9 Å². The topological polar surface area (TPSA) is 37.4 Å². The number of nitrogens with zero attached hydrogens (tertiary/aromatic N) is 1. The van der Waals surface area contributed by atoms with Crippen LogP contribution in [0.15, 0.2) is 16.3 Å². The van der Waals surface area contributed by atoms with Crippen LogP contribution in [0.5, 0.6) is 0 Å². The quantitative estimate of drug-likeness (QED) is 0.803. The Balaban J connectivity index is 2.28. The SMILES string of the molecule is CC1CCCCN1S(=O)(=O)c1csc(CCl)c1. The van der Waals surface area contributed by atoms with Crippen molar-refractivity contribution < 1.29 is 8.42 Å². The van der Waals surface area contributed by atoms with Crippen LogP contribution >= 0.6 is 22.9 Å². The van der Waals surface area contributed by atoms with Crippen LogP contribution in [0.1, 0.15) is 31.1 Å². The lowest BCUT2D eigenvalue weighted by Gasteiger charge is -2.31. The summed E-state index contributed by atoms with van der Waals surface area (Å²) in [5.74, 6) is 0.371. The summed E-state index contributed by atoms with van der Waals surface area (Å²) in [5.41, 5.74) is 0. The highest BCUT2D eigenvalue weighted by molar-refractivity contribution is 7.89. The van der Waals surface area contributed by atoms with Gasteiger partial charge in [0.15, 0.2) is 0 Å². The van der Waals surface area contributed by atoms with Gasteiger partial charge in [-0.3, -0.25) is 0 Å². The number of thiophene rings is 1. The van der Waals surface area contributed by atoms with Gasteiger partial charge in [0.25, 0.3) is 0 Å². The molecule has 0 N–H and O–H groups in total. The van der Waals surface area contributed by atoms with Crippen molar-refractivity contribution >= 4 is 33.0 Å². The summed E-state index contributed by atoms with van der Waals surface area (Å²) in [4.78, 5) is 1.29.